The number of rotatable bonds is 11. The maximum Gasteiger partial charge on any atom is 0.251 e. The van der Waals surface area contributed by atoms with Crippen LogP contribution in [0.1, 0.15) is 28.8 Å². The topological polar surface area (TPSA) is 104 Å². The quantitative estimate of drug-likeness (QED) is 0.372. The molecule has 0 aliphatic rings. The van der Waals surface area contributed by atoms with Crippen LogP contribution in [0, 0.1) is 0 Å². The Balaban J connectivity index is 0.00000432. The summed E-state index contributed by atoms with van der Waals surface area (Å²) in [5.41, 5.74) is 3.31. The van der Waals surface area contributed by atoms with Gasteiger partial charge in [-0.05, 0) is 36.9 Å². The van der Waals surface area contributed by atoms with E-state index in [2.05, 4.69) is 42.7 Å². The minimum Gasteiger partial charge on any atom is -0.496 e. The molecule has 0 fully saturated rings. The molecule has 2 heterocycles. The summed E-state index contributed by atoms with van der Waals surface area (Å²) in [6.07, 6.45) is 3.38. The Labute approximate surface area is 214 Å². The minimum absolute atomic E-state index is 0. The molecule has 0 spiro atoms. The summed E-state index contributed by atoms with van der Waals surface area (Å²) in [7, 11) is 7.18. The maximum absolute atomic E-state index is 11.9. The standard InChI is InChI=1S/C25H33N7O2.H2S/c1-17(20-8-6-18(25(33)27-3)12-22(20)34-5)14-28-23-13-21(30-16-31-23)19-7-9-24(29-15-19)32(4)11-10-26-2;/h6-9,12-13,15-17,26H,10-11,14H2,1-5H3,(H,27,33)(H,28,30,31);1H2/t17-;/m1./s1. The first-order valence-electron chi connectivity index (χ1n) is 11.2. The molecule has 2 aromatic heterocycles. The fraction of sp³-hybridized carbons (Fsp3) is 0.360. The van der Waals surface area contributed by atoms with Crippen LogP contribution in [0.15, 0.2) is 48.9 Å². The van der Waals surface area contributed by atoms with E-state index in [1.54, 1.807) is 26.6 Å². The average Bonchev–Trinajstić information content (AvgIpc) is 2.89. The molecular formula is C25H35N7O2S. The smallest absolute Gasteiger partial charge is 0.251 e. The maximum atomic E-state index is 11.9. The lowest BCUT2D eigenvalue weighted by Crippen LogP contribution is -2.27. The second-order valence-corrected chi connectivity index (χ2v) is 8.04. The van der Waals surface area contributed by atoms with Crippen LogP contribution in [0.2, 0.25) is 0 Å². The van der Waals surface area contributed by atoms with E-state index in [0.717, 1.165) is 41.5 Å². The van der Waals surface area contributed by atoms with Crippen molar-refractivity contribution in [3.8, 4) is 17.0 Å². The molecule has 9 nitrogen and oxygen atoms in total. The molecule has 1 amide bonds. The van der Waals surface area contributed by atoms with Crippen molar-refractivity contribution in [1.82, 2.24) is 25.6 Å². The molecule has 0 bridgehead atoms. The third-order valence-corrected chi connectivity index (χ3v) is 5.64. The van der Waals surface area contributed by atoms with Crippen LogP contribution in [0.5, 0.6) is 5.75 Å². The average molecular weight is 498 g/mol. The van der Waals surface area contributed by atoms with E-state index >= 15 is 0 Å². The number of ether oxygens (including phenoxy) is 1. The first-order chi connectivity index (χ1) is 16.5. The van der Waals surface area contributed by atoms with Crippen LogP contribution in [0.4, 0.5) is 11.6 Å². The van der Waals surface area contributed by atoms with Gasteiger partial charge in [-0.2, -0.15) is 13.5 Å². The number of likely N-dealkylation sites (N-methyl/N-ethyl adjacent to an activating group) is 2. The lowest BCUT2D eigenvalue weighted by atomic mass is 9.98. The summed E-state index contributed by atoms with van der Waals surface area (Å²) >= 11 is 0. The van der Waals surface area contributed by atoms with Gasteiger partial charge in [0.05, 0.1) is 12.8 Å². The zero-order valence-electron chi connectivity index (χ0n) is 20.9. The fourth-order valence-electron chi connectivity index (χ4n) is 3.54. The van der Waals surface area contributed by atoms with Gasteiger partial charge in [0.25, 0.3) is 5.91 Å². The number of nitrogens with one attached hydrogen (secondary N) is 3. The van der Waals surface area contributed by atoms with E-state index in [0.29, 0.717) is 17.9 Å². The molecule has 0 unspecified atom stereocenters. The summed E-state index contributed by atoms with van der Waals surface area (Å²) in [5, 5.41) is 9.16. The Morgan fingerprint density at radius 3 is 2.57 bits per heavy atom. The van der Waals surface area contributed by atoms with Crippen LogP contribution in [-0.2, 0) is 0 Å². The molecule has 3 aromatic rings. The number of hydrogen-bond acceptors (Lipinski definition) is 8. The first-order valence-corrected chi connectivity index (χ1v) is 11.2. The van der Waals surface area contributed by atoms with Crippen molar-refractivity contribution in [2.75, 3.05) is 58.1 Å². The van der Waals surface area contributed by atoms with Crippen molar-refractivity contribution in [1.29, 1.82) is 0 Å². The van der Waals surface area contributed by atoms with Crippen molar-refractivity contribution in [2.45, 2.75) is 12.8 Å². The van der Waals surface area contributed by atoms with Gasteiger partial charge in [-0.15, -0.1) is 0 Å². The van der Waals surface area contributed by atoms with E-state index in [9.17, 15) is 4.79 Å². The highest BCUT2D eigenvalue weighted by molar-refractivity contribution is 7.59. The van der Waals surface area contributed by atoms with E-state index in [1.165, 1.54) is 0 Å². The number of anilines is 2. The van der Waals surface area contributed by atoms with Crippen molar-refractivity contribution in [3.63, 3.8) is 0 Å². The van der Waals surface area contributed by atoms with Crippen LogP contribution in [0.3, 0.4) is 0 Å². The normalized spacial score (nSPS) is 11.2. The highest BCUT2D eigenvalue weighted by Gasteiger charge is 2.15. The summed E-state index contributed by atoms with van der Waals surface area (Å²) in [5.74, 6) is 2.31. The summed E-state index contributed by atoms with van der Waals surface area (Å²) in [6.45, 7) is 4.50. The summed E-state index contributed by atoms with van der Waals surface area (Å²) < 4.78 is 5.53. The molecule has 1 atom stereocenters. The molecular weight excluding hydrogens is 462 g/mol. The number of amides is 1. The number of methoxy groups -OCH3 is 1. The van der Waals surface area contributed by atoms with Crippen LogP contribution < -0.4 is 25.6 Å². The third-order valence-electron chi connectivity index (χ3n) is 5.64. The lowest BCUT2D eigenvalue weighted by Gasteiger charge is -2.18. The summed E-state index contributed by atoms with van der Waals surface area (Å²) in [6, 6.07) is 11.4. The number of pyridine rings is 1. The first kappa shape index (κ1) is 27.9. The highest BCUT2D eigenvalue weighted by Crippen LogP contribution is 2.28. The Hall–Kier alpha value is -3.37. The molecule has 0 saturated heterocycles. The monoisotopic (exact) mass is 497 g/mol. The Morgan fingerprint density at radius 1 is 1.11 bits per heavy atom. The second kappa shape index (κ2) is 13.5. The van der Waals surface area contributed by atoms with Crippen LogP contribution in [-0.4, -0.2) is 68.7 Å². The molecule has 0 saturated carbocycles. The Morgan fingerprint density at radius 2 is 1.91 bits per heavy atom. The predicted octanol–water partition coefficient (Wildman–Crippen LogP) is 2.89. The van der Waals surface area contributed by atoms with E-state index in [1.807, 2.05) is 50.6 Å². The molecule has 188 valence electrons. The minimum atomic E-state index is -0.142. The van der Waals surface area contributed by atoms with Crippen LogP contribution in [0.25, 0.3) is 11.3 Å². The van der Waals surface area contributed by atoms with Gasteiger partial charge in [0.15, 0.2) is 0 Å². The Kier molecular flexibility index (Phi) is 10.8. The van der Waals surface area contributed by atoms with Gasteiger partial charge in [-0.1, -0.05) is 13.0 Å². The van der Waals surface area contributed by atoms with Gasteiger partial charge in [-0.3, -0.25) is 4.79 Å². The molecule has 10 heteroatoms. The van der Waals surface area contributed by atoms with Gasteiger partial charge in [-0.25, -0.2) is 15.0 Å². The van der Waals surface area contributed by atoms with Gasteiger partial charge < -0.3 is 25.6 Å². The molecule has 3 rings (SSSR count). The SMILES string of the molecule is CNCCN(C)c1ccc(-c2cc(NC[C@@H](C)c3ccc(C(=O)NC)cc3OC)ncn2)cn1.S. The van der Waals surface area contributed by atoms with Crippen molar-refractivity contribution >= 4 is 31.0 Å². The number of carbonyl (C=O) groups excluding carboxylic acids is 1. The van der Waals surface area contributed by atoms with E-state index in [-0.39, 0.29) is 25.3 Å². The van der Waals surface area contributed by atoms with Crippen molar-refractivity contribution < 1.29 is 9.53 Å². The molecule has 1 aromatic carbocycles. The van der Waals surface area contributed by atoms with E-state index < -0.39 is 0 Å². The number of nitrogens with zero attached hydrogens (tertiary/aromatic N) is 4. The predicted molar refractivity (Wildman–Crippen MR) is 146 cm³/mol. The van der Waals surface area contributed by atoms with E-state index in [4.69, 9.17) is 4.74 Å². The number of hydrogen-bond donors (Lipinski definition) is 3. The molecule has 0 aliphatic carbocycles. The van der Waals surface area contributed by atoms with Gasteiger partial charge >= 0.3 is 0 Å². The largest absolute Gasteiger partial charge is 0.496 e. The zero-order valence-corrected chi connectivity index (χ0v) is 21.9. The van der Waals surface area contributed by atoms with Gasteiger partial charge in [0.1, 0.15) is 23.7 Å². The number of aromatic nitrogens is 3. The van der Waals surface area contributed by atoms with Crippen LogP contribution >= 0.6 is 13.5 Å². The highest BCUT2D eigenvalue weighted by atomic mass is 32.1. The molecule has 0 radical (unpaired) electrons. The van der Waals surface area contributed by atoms with Gasteiger partial charge in [0, 0.05) is 63.0 Å². The Bertz CT molecular complexity index is 1100. The van der Waals surface area contributed by atoms with Crippen molar-refractivity contribution in [2.24, 2.45) is 0 Å². The van der Waals surface area contributed by atoms with Gasteiger partial charge in [0.2, 0.25) is 0 Å². The molecule has 0 aliphatic heterocycles. The van der Waals surface area contributed by atoms with Crippen molar-refractivity contribution in [3.05, 3.63) is 60.0 Å². The number of benzene rings is 1. The third kappa shape index (κ3) is 7.30. The number of carbonyl (C=O) groups is 1. The molecule has 3 N–H and O–H groups in total. The lowest BCUT2D eigenvalue weighted by molar-refractivity contribution is 0.0962. The second-order valence-electron chi connectivity index (χ2n) is 8.04. The fourth-order valence-corrected chi connectivity index (χ4v) is 3.54. The molecule has 35 heavy (non-hydrogen) atoms. The zero-order chi connectivity index (χ0) is 24.5. The summed E-state index contributed by atoms with van der Waals surface area (Å²) in [4.78, 5) is 27.4.